The molecule has 0 bridgehead atoms. The average Bonchev–Trinajstić information content (AvgIpc) is 3.02. The average molecular weight is 378 g/mol. The number of hydrogen-bond acceptors (Lipinski definition) is 3. The Bertz CT molecular complexity index is 991. The van der Waals surface area contributed by atoms with E-state index in [1.807, 2.05) is 41.9 Å². The van der Waals surface area contributed by atoms with Gasteiger partial charge in [0.25, 0.3) is 5.91 Å². The summed E-state index contributed by atoms with van der Waals surface area (Å²) in [6.07, 6.45) is 0. The molecule has 1 amide bonds. The van der Waals surface area contributed by atoms with Gasteiger partial charge in [0, 0.05) is 31.7 Å². The van der Waals surface area contributed by atoms with Crippen molar-refractivity contribution in [1.82, 2.24) is 14.7 Å². The van der Waals surface area contributed by atoms with Crippen LogP contribution in [0, 0.1) is 19.7 Å². The smallest absolute Gasteiger partial charge is 0.254 e. The molecule has 3 aromatic rings. The Kier molecular flexibility index (Phi) is 4.86. The molecule has 6 heteroatoms. The van der Waals surface area contributed by atoms with Gasteiger partial charge in [-0.25, -0.2) is 9.07 Å². The lowest BCUT2D eigenvalue weighted by atomic mass is 10.1. The number of nitrogens with zero attached hydrogens (tertiary/aromatic N) is 4. The minimum atomic E-state index is -0.385. The Labute approximate surface area is 164 Å². The third kappa shape index (κ3) is 3.38. The predicted octanol–water partition coefficient (Wildman–Crippen LogP) is 3.59. The molecule has 1 saturated heterocycles. The molecule has 1 aliphatic rings. The number of para-hydroxylation sites is 1. The maximum Gasteiger partial charge on any atom is 0.254 e. The van der Waals surface area contributed by atoms with Crippen LogP contribution in [0.15, 0.2) is 54.6 Å². The van der Waals surface area contributed by atoms with Gasteiger partial charge in [-0.15, -0.1) is 0 Å². The summed E-state index contributed by atoms with van der Waals surface area (Å²) in [6, 6.07) is 16.0. The highest BCUT2D eigenvalue weighted by Gasteiger charge is 2.26. The van der Waals surface area contributed by atoms with Crippen molar-refractivity contribution in [3.05, 3.63) is 77.4 Å². The van der Waals surface area contributed by atoms with Crippen LogP contribution in [-0.4, -0.2) is 46.8 Å². The van der Waals surface area contributed by atoms with E-state index in [2.05, 4.69) is 11.8 Å². The fourth-order valence-electron chi connectivity index (χ4n) is 3.85. The first-order valence-electron chi connectivity index (χ1n) is 9.46. The summed E-state index contributed by atoms with van der Waals surface area (Å²) in [4.78, 5) is 16.7. The molecule has 144 valence electrons. The van der Waals surface area contributed by atoms with Gasteiger partial charge in [0.2, 0.25) is 0 Å². The van der Waals surface area contributed by atoms with Gasteiger partial charge in [-0.2, -0.15) is 5.10 Å². The van der Waals surface area contributed by atoms with Gasteiger partial charge in [-0.1, -0.05) is 24.3 Å². The van der Waals surface area contributed by atoms with Crippen LogP contribution in [0.3, 0.4) is 0 Å². The largest absolute Gasteiger partial charge is 0.365 e. The number of carbonyl (C=O) groups excluding carboxylic acids is 1. The fraction of sp³-hybridized carbons (Fsp3) is 0.273. The summed E-state index contributed by atoms with van der Waals surface area (Å²) < 4.78 is 15.4. The number of anilines is 1. The third-order valence-corrected chi connectivity index (χ3v) is 5.21. The van der Waals surface area contributed by atoms with Crippen molar-refractivity contribution in [1.29, 1.82) is 0 Å². The molecular formula is C22H23FN4O. The summed E-state index contributed by atoms with van der Waals surface area (Å²) in [6.45, 7) is 6.75. The number of carbonyl (C=O) groups is 1. The van der Waals surface area contributed by atoms with Gasteiger partial charge in [0.15, 0.2) is 0 Å². The molecule has 1 fully saturated rings. The molecule has 0 N–H and O–H groups in total. The number of aromatic nitrogens is 2. The maximum atomic E-state index is 13.4. The molecule has 0 saturated carbocycles. The van der Waals surface area contributed by atoms with Crippen molar-refractivity contribution in [2.75, 3.05) is 31.1 Å². The number of benzene rings is 2. The van der Waals surface area contributed by atoms with Crippen molar-refractivity contribution < 1.29 is 9.18 Å². The number of hydrogen-bond donors (Lipinski definition) is 0. The lowest BCUT2D eigenvalue weighted by Crippen LogP contribution is -2.49. The van der Waals surface area contributed by atoms with E-state index in [-0.39, 0.29) is 11.7 Å². The second-order valence-electron chi connectivity index (χ2n) is 7.06. The van der Waals surface area contributed by atoms with E-state index in [4.69, 9.17) is 5.10 Å². The monoisotopic (exact) mass is 378 g/mol. The Balaban J connectivity index is 1.50. The van der Waals surface area contributed by atoms with E-state index in [9.17, 15) is 9.18 Å². The third-order valence-electron chi connectivity index (χ3n) is 5.21. The van der Waals surface area contributed by atoms with E-state index in [0.29, 0.717) is 18.7 Å². The van der Waals surface area contributed by atoms with Crippen molar-refractivity contribution in [3.63, 3.8) is 0 Å². The highest BCUT2D eigenvalue weighted by molar-refractivity contribution is 5.94. The Hall–Kier alpha value is -3.15. The summed E-state index contributed by atoms with van der Waals surface area (Å²) in [5.41, 5.74) is 4.63. The first-order valence-corrected chi connectivity index (χ1v) is 9.46. The van der Waals surface area contributed by atoms with E-state index in [1.165, 1.54) is 12.1 Å². The zero-order chi connectivity index (χ0) is 19.7. The number of piperazine rings is 1. The van der Waals surface area contributed by atoms with Crippen LogP contribution in [-0.2, 0) is 0 Å². The lowest BCUT2D eigenvalue weighted by molar-refractivity contribution is 0.0746. The van der Waals surface area contributed by atoms with Gasteiger partial charge >= 0.3 is 0 Å². The first-order chi connectivity index (χ1) is 13.5. The van der Waals surface area contributed by atoms with E-state index >= 15 is 0 Å². The molecule has 0 aliphatic carbocycles. The number of rotatable bonds is 3. The molecule has 0 spiro atoms. The van der Waals surface area contributed by atoms with E-state index in [0.717, 1.165) is 35.9 Å². The topological polar surface area (TPSA) is 41.4 Å². The van der Waals surface area contributed by atoms with Gasteiger partial charge in [-0.05, 0) is 44.2 Å². The summed E-state index contributed by atoms with van der Waals surface area (Å²) >= 11 is 0. The molecule has 0 atom stereocenters. The van der Waals surface area contributed by atoms with Gasteiger partial charge in [-0.3, -0.25) is 4.79 Å². The maximum absolute atomic E-state index is 13.4. The van der Waals surface area contributed by atoms with Crippen molar-refractivity contribution >= 4 is 11.6 Å². The molecule has 0 radical (unpaired) electrons. The van der Waals surface area contributed by atoms with Crippen molar-refractivity contribution in [2.24, 2.45) is 0 Å². The summed E-state index contributed by atoms with van der Waals surface area (Å²) in [5, 5.41) is 4.72. The number of aryl methyl sites for hydroxylation is 1. The normalized spacial score (nSPS) is 14.4. The molecular weight excluding hydrogens is 355 g/mol. The molecule has 1 aliphatic heterocycles. The van der Waals surface area contributed by atoms with Crippen LogP contribution in [0.25, 0.3) is 5.69 Å². The molecule has 1 aromatic heterocycles. The second kappa shape index (κ2) is 7.46. The minimum absolute atomic E-state index is 0.118. The summed E-state index contributed by atoms with van der Waals surface area (Å²) in [7, 11) is 0. The fourth-order valence-corrected chi connectivity index (χ4v) is 3.85. The first kappa shape index (κ1) is 18.2. The quantitative estimate of drug-likeness (QED) is 0.699. The Morgan fingerprint density at radius 1 is 0.964 bits per heavy atom. The highest BCUT2D eigenvalue weighted by atomic mass is 19.1. The van der Waals surface area contributed by atoms with E-state index in [1.54, 1.807) is 17.0 Å². The Morgan fingerprint density at radius 3 is 2.36 bits per heavy atom. The van der Waals surface area contributed by atoms with Gasteiger partial charge < -0.3 is 9.80 Å². The molecule has 0 unspecified atom stereocenters. The molecule has 5 nitrogen and oxygen atoms in total. The van der Waals surface area contributed by atoms with Crippen LogP contribution in [0.1, 0.15) is 21.7 Å². The standard InChI is InChI=1S/C22H23FN4O/c1-16-21(17(2)27(24-16)20-9-4-3-5-10-20)25-11-13-26(14-12-25)22(28)18-7-6-8-19(23)15-18/h3-10,15H,11-14H2,1-2H3. The minimum Gasteiger partial charge on any atom is -0.365 e. The zero-order valence-corrected chi connectivity index (χ0v) is 16.1. The van der Waals surface area contributed by atoms with Crippen molar-refractivity contribution in [3.8, 4) is 5.69 Å². The SMILES string of the molecule is Cc1nn(-c2ccccc2)c(C)c1N1CCN(C(=O)c2cccc(F)c2)CC1. The zero-order valence-electron chi connectivity index (χ0n) is 16.1. The van der Waals surface area contributed by atoms with Crippen LogP contribution < -0.4 is 4.90 Å². The number of amides is 1. The van der Waals surface area contributed by atoms with Crippen LogP contribution >= 0.6 is 0 Å². The van der Waals surface area contributed by atoms with Crippen molar-refractivity contribution in [2.45, 2.75) is 13.8 Å². The molecule has 2 heterocycles. The van der Waals surface area contributed by atoms with Crippen LogP contribution in [0.5, 0.6) is 0 Å². The predicted molar refractivity (Wildman–Crippen MR) is 108 cm³/mol. The van der Waals surface area contributed by atoms with E-state index < -0.39 is 0 Å². The number of halogens is 1. The second-order valence-corrected chi connectivity index (χ2v) is 7.06. The van der Waals surface area contributed by atoms with Gasteiger partial charge in [0.05, 0.1) is 22.8 Å². The van der Waals surface area contributed by atoms with Gasteiger partial charge in [0.1, 0.15) is 5.82 Å². The van der Waals surface area contributed by atoms with Crippen LogP contribution in [0.4, 0.5) is 10.1 Å². The Morgan fingerprint density at radius 2 is 1.68 bits per heavy atom. The lowest BCUT2D eigenvalue weighted by Gasteiger charge is -2.36. The highest BCUT2D eigenvalue weighted by Crippen LogP contribution is 2.28. The summed E-state index contributed by atoms with van der Waals surface area (Å²) in [5.74, 6) is -0.503. The molecule has 4 rings (SSSR count). The molecule has 2 aromatic carbocycles. The molecule has 28 heavy (non-hydrogen) atoms. The van der Waals surface area contributed by atoms with Crippen LogP contribution in [0.2, 0.25) is 0 Å².